The number of rotatable bonds is 4. The van der Waals surface area contributed by atoms with Crippen molar-refractivity contribution < 1.29 is 0 Å². The maximum absolute atomic E-state index is 13.1. The molecule has 0 saturated carbocycles. The van der Waals surface area contributed by atoms with Gasteiger partial charge in [-0.1, -0.05) is 60.7 Å². The van der Waals surface area contributed by atoms with Crippen LogP contribution in [0, 0.1) is 4.77 Å². The normalized spacial score (nSPS) is 13.4. The fourth-order valence-corrected chi connectivity index (χ4v) is 4.09. The summed E-state index contributed by atoms with van der Waals surface area (Å²) < 4.78 is 4.59. The predicted molar refractivity (Wildman–Crippen MR) is 107 cm³/mol. The van der Waals surface area contributed by atoms with Crippen LogP contribution in [0.25, 0.3) is 0 Å². The summed E-state index contributed by atoms with van der Waals surface area (Å²) >= 11 is 5.79. The molecule has 0 fully saturated rings. The van der Waals surface area contributed by atoms with Crippen LogP contribution in [0.4, 0.5) is 0 Å². The van der Waals surface area contributed by atoms with Gasteiger partial charge in [-0.25, -0.2) is 0 Å². The Balaban J connectivity index is 1.85. The first-order chi connectivity index (χ1) is 12.7. The predicted octanol–water partition coefficient (Wildman–Crippen LogP) is 4.35. The summed E-state index contributed by atoms with van der Waals surface area (Å²) in [6, 6.07) is 20.4. The minimum Gasteiger partial charge on any atom is -0.317 e. The molecule has 4 rings (SSSR count). The molecule has 0 saturated heterocycles. The SMILES string of the molecule is O=c1c2c(n(Cc3ccccc3)c(=S)n1Cc1ccccc1)CCCC2. The molecule has 1 heterocycles. The van der Waals surface area contributed by atoms with Gasteiger partial charge in [0.2, 0.25) is 0 Å². The van der Waals surface area contributed by atoms with Gasteiger partial charge in [-0.15, -0.1) is 0 Å². The third-order valence-corrected chi connectivity index (χ3v) is 5.54. The quantitative estimate of drug-likeness (QED) is 0.645. The van der Waals surface area contributed by atoms with Crippen molar-refractivity contribution in [2.75, 3.05) is 0 Å². The molecule has 0 amide bonds. The molecule has 1 aliphatic carbocycles. The molecule has 1 aliphatic rings. The molecule has 0 radical (unpaired) electrons. The van der Waals surface area contributed by atoms with E-state index in [-0.39, 0.29) is 5.56 Å². The zero-order valence-corrected chi connectivity index (χ0v) is 15.5. The summed E-state index contributed by atoms with van der Waals surface area (Å²) in [5.41, 5.74) is 4.50. The Morgan fingerprint density at radius 1 is 0.769 bits per heavy atom. The smallest absolute Gasteiger partial charge is 0.258 e. The van der Waals surface area contributed by atoms with E-state index in [0.717, 1.165) is 49.0 Å². The zero-order chi connectivity index (χ0) is 17.9. The molecule has 2 aromatic carbocycles. The lowest BCUT2D eigenvalue weighted by atomic mass is 9.96. The van der Waals surface area contributed by atoms with Gasteiger partial charge in [0.25, 0.3) is 5.56 Å². The van der Waals surface area contributed by atoms with E-state index in [9.17, 15) is 4.79 Å². The van der Waals surface area contributed by atoms with E-state index in [4.69, 9.17) is 12.2 Å². The molecule has 0 spiro atoms. The van der Waals surface area contributed by atoms with E-state index in [2.05, 4.69) is 16.7 Å². The van der Waals surface area contributed by atoms with Crippen molar-refractivity contribution in [3.05, 3.63) is 98.2 Å². The molecule has 0 atom stereocenters. The average Bonchev–Trinajstić information content (AvgIpc) is 2.70. The molecule has 0 unspecified atom stereocenters. The van der Waals surface area contributed by atoms with Gasteiger partial charge in [0.05, 0.1) is 13.1 Å². The van der Waals surface area contributed by atoms with Crippen LogP contribution in [-0.2, 0) is 25.9 Å². The highest BCUT2D eigenvalue weighted by Gasteiger charge is 2.20. The first kappa shape index (κ1) is 17.0. The van der Waals surface area contributed by atoms with E-state index >= 15 is 0 Å². The Hall–Kier alpha value is -2.46. The third-order valence-electron chi connectivity index (χ3n) is 5.10. The van der Waals surface area contributed by atoms with Crippen LogP contribution in [0.1, 0.15) is 35.2 Å². The van der Waals surface area contributed by atoms with Crippen LogP contribution in [0.5, 0.6) is 0 Å². The van der Waals surface area contributed by atoms with Crippen molar-refractivity contribution in [3.63, 3.8) is 0 Å². The van der Waals surface area contributed by atoms with Crippen LogP contribution in [-0.4, -0.2) is 9.13 Å². The van der Waals surface area contributed by atoms with Crippen molar-refractivity contribution in [2.45, 2.75) is 38.8 Å². The average molecular weight is 362 g/mol. The zero-order valence-electron chi connectivity index (χ0n) is 14.7. The van der Waals surface area contributed by atoms with Crippen LogP contribution >= 0.6 is 12.2 Å². The highest BCUT2D eigenvalue weighted by atomic mass is 32.1. The van der Waals surface area contributed by atoms with E-state index in [1.54, 1.807) is 4.57 Å². The van der Waals surface area contributed by atoms with Crippen LogP contribution in [0.2, 0.25) is 0 Å². The van der Waals surface area contributed by atoms with Gasteiger partial charge >= 0.3 is 0 Å². The standard InChI is InChI=1S/C22H22N2OS/c25-21-19-13-7-8-14-20(19)23(15-17-9-3-1-4-10-17)22(26)24(21)16-18-11-5-2-6-12-18/h1-6,9-12H,7-8,13-16H2. The lowest BCUT2D eigenvalue weighted by molar-refractivity contribution is 0.549. The second-order valence-corrected chi connectivity index (χ2v) is 7.23. The molecule has 26 heavy (non-hydrogen) atoms. The van der Waals surface area contributed by atoms with Crippen molar-refractivity contribution in [1.82, 2.24) is 9.13 Å². The third kappa shape index (κ3) is 3.29. The van der Waals surface area contributed by atoms with Crippen LogP contribution in [0.15, 0.2) is 65.5 Å². The first-order valence-electron chi connectivity index (χ1n) is 9.17. The molecule has 0 N–H and O–H groups in total. The summed E-state index contributed by atoms with van der Waals surface area (Å²) in [7, 11) is 0. The summed E-state index contributed by atoms with van der Waals surface area (Å²) in [5.74, 6) is 0. The largest absolute Gasteiger partial charge is 0.317 e. The molecule has 0 aliphatic heterocycles. The van der Waals surface area contributed by atoms with E-state index < -0.39 is 0 Å². The molecule has 132 valence electrons. The summed E-state index contributed by atoms with van der Waals surface area (Å²) in [5, 5.41) is 0. The number of aromatic nitrogens is 2. The molecule has 3 nitrogen and oxygen atoms in total. The van der Waals surface area contributed by atoms with E-state index in [1.165, 1.54) is 5.56 Å². The van der Waals surface area contributed by atoms with Gasteiger partial charge in [0.15, 0.2) is 4.77 Å². The number of nitrogens with zero attached hydrogens (tertiary/aromatic N) is 2. The van der Waals surface area contributed by atoms with Gasteiger partial charge in [0.1, 0.15) is 0 Å². The second kappa shape index (κ2) is 7.42. The van der Waals surface area contributed by atoms with Crippen molar-refractivity contribution in [1.29, 1.82) is 0 Å². The fourth-order valence-electron chi connectivity index (χ4n) is 3.76. The Labute approximate surface area is 158 Å². The summed E-state index contributed by atoms with van der Waals surface area (Å²) in [4.78, 5) is 13.1. The van der Waals surface area contributed by atoms with Crippen LogP contribution in [0.3, 0.4) is 0 Å². The topological polar surface area (TPSA) is 26.9 Å². The van der Waals surface area contributed by atoms with Gasteiger partial charge < -0.3 is 4.57 Å². The summed E-state index contributed by atoms with van der Waals surface area (Å²) in [6.45, 7) is 1.25. The van der Waals surface area contributed by atoms with Crippen molar-refractivity contribution in [3.8, 4) is 0 Å². The Morgan fingerprint density at radius 2 is 1.31 bits per heavy atom. The van der Waals surface area contributed by atoms with Gasteiger partial charge in [-0.3, -0.25) is 9.36 Å². The Bertz CT molecular complexity index is 1020. The molecular formula is C22H22N2OS. The monoisotopic (exact) mass is 362 g/mol. The van der Waals surface area contributed by atoms with E-state index in [0.29, 0.717) is 11.3 Å². The maximum Gasteiger partial charge on any atom is 0.258 e. The van der Waals surface area contributed by atoms with Crippen molar-refractivity contribution >= 4 is 12.2 Å². The molecule has 1 aromatic heterocycles. The number of hydrogen-bond donors (Lipinski definition) is 0. The lowest BCUT2D eigenvalue weighted by Crippen LogP contribution is -2.33. The maximum atomic E-state index is 13.1. The molecule has 4 heteroatoms. The second-order valence-electron chi connectivity index (χ2n) is 6.86. The van der Waals surface area contributed by atoms with Crippen LogP contribution < -0.4 is 5.56 Å². The van der Waals surface area contributed by atoms with E-state index in [1.807, 2.05) is 48.5 Å². The Morgan fingerprint density at radius 3 is 1.92 bits per heavy atom. The van der Waals surface area contributed by atoms with Gasteiger partial charge in [-0.05, 0) is 49.0 Å². The Kier molecular flexibility index (Phi) is 4.85. The molecular weight excluding hydrogens is 340 g/mol. The number of fused-ring (bicyclic) bond motifs is 1. The molecule has 0 bridgehead atoms. The number of benzene rings is 2. The summed E-state index contributed by atoms with van der Waals surface area (Å²) in [6.07, 6.45) is 4.00. The highest BCUT2D eigenvalue weighted by Crippen LogP contribution is 2.20. The number of hydrogen-bond acceptors (Lipinski definition) is 2. The minimum absolute atomic E-state index is 0.0952. The molecule has 3 aromatic rings. The van der Waals surface area contributed by atoms with Gasteiger partial charge in [0, 0.05) is 11.3 Å². The highest BCUT2D eigenvalue weighted by molar-refractivity contribution is 7.71. The van der Waals surface area contributed by atoms with Gasteiger partial charge in [-0.2, -0.15) is 0 Å². The fraction of sp³-hybridized carbons (Fsp3) is 0.273. The minimum atomic E-state index is 0.0952. The van der Waals surface area contributed by atoms with Crippen molar-refractivity contribution in [2.24, 2.45) is 0 Å². The lowest BCUT2D eigenvalue weighted by Gasteiger charge is -2.24. The first-order valence-corrected chi connectivity index (χ1v) is 9.58.